The van der Waals surface area contributed by atoms with Gasteiger partial charge in [-0.1, -0.05) is 12.1 Å². The van der Waals surface area contributed by atoms with E-state index in [4.69, 9.17) is 5.73 Å². The zero-order valence-corrected chi connectivity index (χ0v) is 14.6. The lowest BCUT2D eigenvalue weighted by molar-refractivity contribution is -0.121. The second-order valence-corrected chi connectivity index (χ2v) is 6.97. The average molecular weight is 350 g/mol. The Morgan fingerprint density at radius 1 is 1.32 bits per heavy atom. The van der Waals surface area contributed by atoms with Gasteiger partial charge < -0.3 is 11.1 Å². The molecule has 6 nitrogen and oxygen atoms in total. The van der Waals surface area contributed by atoms with Crippen LogP contribution in [0.2, 0.25) is 0 Å². The van der Waals surface area contributed by atoms with Crippen LogP contribution in [0.15, 0.2) is 29.2 Å². The Morgan fingerprint density at radius 3 is 2.50 bits per heavy atom. The smallest absolute Gasteiger partial charge is 0.240 e. The first-order valence-electron chi connectivity index (χ1n) is 6.84. The van der Waals surface area contributed by atoms with Crippen LogP contribution in [0, 0.1) is 0 Å². The molecule has 2 unspecified atom stereocenters. The molecular weight excluding hydrogens is 326 g/mol. The van der Waals surface area contributed by atoms with Crippen LogP contribution in [0.5, 0.6) is 0 Å². The molecule has 0 saturated heterocycles. The van der Waals surface area contributed by atoms with Gasteiger partial charge in [0.15, 0.2) is 0 Å². The van der Waals surface area contributed by atoms with E-state index in [1.165, 1.54) is 13.1 Å². The number of nitrogens with one attached hydrogen (secondary N) is 2. The topological polar surface area (TPSA) is 101 Å². The summed E-state index contributed by atoms with van der Waals surface area (Å²) in [5, 5.41) is 2.84. The third kappa shape index (κ3) is 6.31. The molecule has 8 heteroatoms. The summed E-state index contributed by atoms with van der Waals surface area (Å²) in [6, 6.07) is 6.23. The highest BCUT2D eigenvalue weighted by Crippen LogP contribution is 2.17. The van der Waals surface area contributed by atoms with Crippen LogP contribution >= 0.6 is 12.4 Å². The van der Waals surface area contributed by atoms with Crippen molar-refractivity contribution >= 4 is 28.3 Å². The fraction of sp³-hybridized carbons (Fsp3) is 0.500. The molecule has 1 aromatic carbocycles. The number of benzene rings is 1. The van der Waals surface area contributed by atoms with Gasteiger partial charge in [0, 0.05) is 12.5 Å². The maximum absolute atomic E-state index is 11.8. The van der Waals surface area contributed by atoms with Crippen molar-refractivity contribution in [3.8, 4) is 0 Å². The minimum atomic E-state index is -3.48. The summed E-state index contributed by atoms with van der Waals surface area (Å²) in [5.74, 6) is -0.0957. The fourth-order valence-electron chi connectivity index (χ4n) is 1.82. The van der Waals surface area contributed by atoms with Gasteiger partial charge in [0.2, 0.25) is 15.9 Å². The Morgan fingerprint density at radius 2 is 1.95 bits per heavy atom. The Hall–Kier alpha value is -1.15. The molecule has 0 saturated carbocycles. The maximum atomic E-state index is 11.8. The van der Waals surface area contributed by atoms with E-state index in [0.29, 0.717) is 12.8 Å². The number of carbonyl (C=O) groups excluding carboxylic acids is 1. The molecule has 0 aliphatic heterocycles. The summed E-state index contributed by atoms with van der Waals surface area (Å²) >= 11 is 0. The van der Waals surface area contributed by atoms with Crippen molar-refractivity contribution < 1.29 is 13.2 Å². The third-order valence-electron chi connectivity index (χ3n) is 3.14. The third-order valence-corrected chi connectivity index (χ3v) is 4.55. The van der Waals surface area contributed by atoms with E-state index in [2.05, 4.69) is 10.0 Å². The van der Waals surface area contributed by atoms with E-state index >= 15 is 0 Å². The SMILES string of the molecule is CNS(=O)(=O)c1cccc(C(C)NC(=O)CCC(C)N)c1.Cl. The van der Waals surface area contributed by atoms with Crippen molar-refractivity contribution in [2.24, 2.45) is 5.73 Å². The number of sulfonamides is 1. The number of nitrogens with two attached hydrogens (primary N) is 1. The number of carbonyl (C=O) groups is 1. The van der Waals surface area contributed by atoms with Crippen molar-refractivity contribution in [3.63, 3.8) is 0 Å². The molecule has 1 amide bonds. The van der Waals surface area contributed by atoms with Gasteiger partial charge in [-0.05, 0) is 45.0 Å². The summed E-state index contributed by atoms with van der Waals surface area (Å²) in [5.41, 5.74) is 6.35. The molecule has 126 valence electrons. The molecule has 0 aliphatic rings. The Balaban J connectivity index is 0.00000441. The molecule has 0 bridgehead atoms. The number of rotatable bonds is 7. The molecule has 4 N–H and O–H groups in total. The molecule has 0 aromatic heterocycles. The number of amides is 1. The van der Waals surface area contributed by atoms with E-state index < -0.39 is 10.0 Å². The van der Waals surface area contributed by atoms with Crippen molar-refractivity contribution in [3.05, 3.63) is 29.8 Å². The zero-order chi connectivity index (χ0) is 16.0. The molecule has 0 heterocycles. The van der Waals surface area contributed by atoms with Gasteiger partial charge in [0.1, 0.15) is 0 Å². The molecule has 0 spiro atoms. The molecule has 2 atom stereocenters. The molecule has 1 rings (SSSR count). The highest BCUT2D eigenvalue weighted by atomic mass is 35.5. The summed E-state index contributed by atoms with van der Waals surface area (Å²) in [6.07, 6.45) is 0.975. The van der Waals surface area contributed by atoms with Crippen molar-refractivity contribution in [1.29, 1.82) is 0 Å². The standard InChI is InChI=1S/C14H23N3O3S.ClH/c1-10(15)7-8-14(18)17-11(2)12-5-4-6-13(9-12)21(19,20)16-3;/h4-6,9-11,16H,7-8,15H2,1-3H3,(H,17,18);1H. The lowest BCUT2D eigenvalue weighted by Gasteiger charge is -2.16. The number of hydrogen-bond acceptors (Lipinski definition) is 4. The van der Waals surface area contributed by atoms with Gasteiger partial charge >= 0.3 is 0 Å². The normalized spacial score (nSPS) is 13.8. The lowest BCUT2D eigenvalue weighted by Crippen LogP contribution is -2.28. The molecule has 22 heavy (non-hydrogen) atoms. The fourth-order valence-corrected chi connectivity index (χ4v) is 2.61. The highest BCUT2D eigenvalue weighted by molar-refractivity contribution is 7.89. The van der Waals surface area contributed by atoms with Crippen molar-refractivity contribution in [2.45, 2.75) is 43.7 Å². The minimum Gasteiger partial charge on any atom is -0.350 e. The van der Waals surface area contributed by atoms with Gasteiger partial charge in [0.25, 0.3) is 0 Å². The quantitative estimate of drug-likeness (QED) is 0.691. The first-order chi connectivity index (χ1) is 9.76. The van der Waals surface area contributed by atoms with Gasteiger partial charge in [-0.3, -0.25) is 4.79 Å². The Bertz CT molecular complexity index is 591. The van der Waals surface area contributed by atoms with Gasteiger partial charge in [-0.25, -0.2) is 13.1 Å². The van der Waals surface area contributed by atoms with Crippen molar-refractivity contribution in [2.75, 3.05) is 7.05 Å². The van der Waals surface area contributed by atoms with Gasteiger partial charge in [-0.2, -0.15) is 0 Å². The number of halogens is 1. The monoisotopic (exact) mass is 349 g/mol. The highest BCUT2D eigenvalue weighted by Gasteiger charge is 2.15. The molecule has 1 aromatic rings. The van der Waals surface area contributed by atoms with Crippen LogP contribution < -0.4 is 15.8 Å². The van der Waals surface area contributed by atoms with Gasteiger partial charge in [-0.15, -0.1) is 12.4 Å². The Labute approximate surface area is 138 Å². The van der Waals surface area contributed by atoms with Crippen molar-refractivity contribution in [1.82, 2.24) is 10.0 Å². The average Bonchev–Trinajstić information content (AvgIpc) is 2.45. The zero-order valence-electron chi connectivity index (χ0n) is 13.0. The van der Waals surface area contributed by atoms with E-state index in [-0.39, 0.29) is 35.3 Å². The Kier molecular flexibility index (Phi) is 8.62. The van der Waals surface area contributed by atoms with E-state index in [9.17, 15) is 13.2 Å². The number of hydrogen-bond donors (Lipinski definition) is 3. The van der Waals surface area contributed by atoms with Gasteiger partial charge in [0.05, 0.1) is 10.9 Å². The predicted molar refractivity (Wildman–Crippen MR) is 89.4 cm³/mol. The second-order valence-electron chi connectivity index (χ2n) is 5.09. The van der Waals surface area contributed by atoms with Crippen LogP contribution in [0.25, 0.3) is 0 Å². The van der Waals surface area contributed by atoms with Crippen LogP contribution in [0.3, 0.4) is 0 Å². The van der Waals surface area contributed by atoms with Crippen LogP contribution in [0.4, 0.5) is 0 Å². The first kappa shape index (κ1) is 20.9. The minimum absolute atomic E-state index is 0. The van der Waals surface area contributed by atoms with Crippen LogP contribution in [-0.2, 0) is 14.8 Å². The van der Waals surface area contributed by atoms with E-state index in [1.807, 2.05) is 13.8 Å². The predicted octanol–water partition coefficient (Wildman–Crippen LogP) is 1.32. The summed E-state index contributed by atoms with van der Waals surface area (Å²) < 4.78 is 25.8. The van der Waals surface area contributed by atoms with Crippen LogP contribution in [-0.4, -0.2) is 27.4 Å². The molecule has 0 radical (unpaired) electrons. The lowest BCUT2D eigenvalue weighted by atomic mass is 10.1. The van der Waals surface area contributed by atoms with Crippen LogP contribution in [0.1, 0.15) is 38.3 Å². The second kappa shape index (κ2) is 9.09. The first-order valence-corrected chi connectivity index (χ1v) is 8.33. The summed E-state index contributed by atoms with van der Waals surface area (Å²) in [7, 11) is -2.12. The van der Waals surface area contributed by atoms with E-state index in [0.717, 1.165) is 5.56 Å². The molecule has 0 fully saturated rings. The molecular formula is C14H24ClN3O3S. The summed E-state index contributed by atoms with van der Waals surface area (Å²) in [6.45, 7) is 3.66. The van der Waals surface area contributed by atoms with E-state index in [1.54, 1.807) is 18.2 Å². The maximum Gasteiger partial charge on any atom is 0.240 e. The largest absolute Gasteiger partial charge is 0.350 e. The summed E-state index contributed by atoms with van der Waals surface area (Å²) in [4.78, 5) is 12.0. The molecule has 0 aliphatic carbocycles.